The van der Waals surface area contributed by atoms with E-state index in [2.05, 4.69) is 10.0 Å². The summed E-state index contributed by atoms with van der Waals surface area (Å²) < 4.78 is 38.9. The summed E-state index contributed by atoms with van der Waals surface area (Å²) in [7, 11) is -2.38. The first-order chi connectivity index (χ1) is 15.2. The van der Waals surface area contributed by atoms with Crippen molar-refractivity contribution in [3.8, 4) is 11.5 Å². The van der Waals surface area contributed by atoms with Crippen LogP contribution in [0.2, 0.25) is 5.02 Å². The van der Waals surface area contributed by atoms with Gasteiger partial charge in [-0.25, -0.2) is 8.42 Å². The van der Waals surface area contributed by atoms with Gasteiger partial charge in [0.2, 0.25) is 0 Å². The second-order valence-electron chi connectivity index (χ2n) is 7.04. The molecule has 3 aromatic carbocycles. The quantitative estimate of drug-likeness (QED) is 0.486. The molecule has 0 saturated carbocycles. The summed E-state index contributed by atoms with van der Waals surface area (Å²) in [4.78, 5) is 12.5. The molecule has 0 heterocycles. The smallest absolute Gasteiger partial charge is 0.265 e. The normalized spacial score (nSPS) is 12.0. The third-order valence-electron chi connectivity index (χ3n) is 4.51. The summed E-state index contributed by atoms with van der Waals surface area (Å²) in [5.74, 6) is 0.499. The number of sulfonamides is 1. The average molecular weight is 475 g/mol. The molecule has 0 radical (unpaired) electrons. The van der Waals surface area contributed by atoms with E-state index in [1.165, 1.54) is 31.4 Å². The molecule has 9 heteroatoms. The number of hydrogen-bond acceptors (Lipinski definition) is 5. The van der Waals surface area contributed by atoms with Gasteiger partial charge >= 0.3 is 0 Å². The van der Waals surface area contributed by atoms with E-state index in [4.69, 9.17) is 21.1 Å². The third kappa shape index (κ3) is 5.93. The van der Waals surface area contributed by atoms with Gasteiger partial charge in [-0.15, -0.1) is 0 Å². The van der Waals surface area contributed by atoms with Crippen molar-refractivity contribution in [1.82, 2.24) is 0 Å². The minimum Gasteiger partial charge on any atom is -0.495 e. The van der Waals surface area contributed by atoms with Crippen LogP contribution in [0.4, 0.5) is 11.4 Å². The Kier molecular flexibility index (Phi) is 7.27. The molecule has 2 N–H and O–H groups in total. The molecule has 1 atom stereocenters. The van der Waals surface area contributed by atoms with Gasteiger partial charge in [-0.3, -0.25) is 9.52 Å². The lowest BCUT2D eigenvalue weighted by Gasteiger charge is -2.15. The van der Waals surface area contributed by atoms with E-state index < -0.39 is 16.1 Å². The standard InChI is InChI=1S/C23H23ClN2O5S/c1-15-7-12-22(30-3)21(13-15)26-32(28,29)20-10-8-18(9-11-20)25-23(27)16(2)31-19-6-4-5-17(24)14-19/h4-14,16,26H,1-3H3,(H,25,27)/t16-/m1/s1. The molecular weight excluding hydrogens is 452 g/mol. The number of aryl methyl sites for hydroxylation is 1. The fourth-order valence-electron chi connectivity index (χ4n) is 2.86. The zero-order valence-corrected chi connectivity index (χ0v) is 19.3. The monoisotopic (exact) mass is 474 g/mol. The van der Waals surface area contributed by atoms with Gasteiger partial charge in [-0.2, -0.15) is 0 Å². The molecule has 0 aliphatic carbocycles. The van der Waals surface area contributed by atoms with Crippen LogP contribution in [0.25, 0.3) is 0 Å². The van der Waals surface area contributed by atoms with Crippen LogP contribution in [0.5, 0.6) is 11.5 Å². The largest absolute Gasteiger partial charge is 0.495 e. The van der Waals surface area contributed by atoms with Crippen molar-refractivity contribution in [3.05, 3.63) is 77.3 Å². The van der Waals surface area contributed by atoms with Crippen LogP contribution < -0.4 is 19.5 Å². The van der Waals surface area contributed by atoms with E-state index in [-0.39, 0.29) is 10.8 Å². The number of rotatable bonds is 8. The number of amides is 1. The highest BCUT2D eigenvalue weighted by molar-refractivity contribution is 7.92. The SMILES string of the molecule is COc1ccc(C)cc1NS(=O)(=O)c1ccc(NC(=O)[C@@H](C)Oc2cccc(Cl)c2)cc1. The molecule has 0 fully saturated rings. The molecular formula is C23H23ClN2O5S. The number of ether oxygens (including phenoxy) is 2. The van der Waals surface area contributed by atoms with Gasteiger partial charge in [-0.1, -0.05) is 23.7 Å². The molecule has 1 amide bonds. The Balaban J connectivity index is 1.67. The predicted molar refractivity (Wildman–Crippen MR) is 125 cm³/mol. The average Bonchev–Trinajstić information content (AvgIpc) is 2.74. The lowest BCUT2D eigenvalue weighted by atomic mass is 10.2. The Morgan fingerprint density at radius 3 is 2.41 bits per heavy atom. The molecule has 0 aliphatic heterocycles. The molecule has 32 heavy (non-hydrogen) atoms. The molecule has 0 unspecified atom stereocenters. The summed E-state index contributed by atoms with van der Waals surface area (Å²) in [5, 5.41) is 3.20. The van der Waals surface area contributed by atoms with Crippen LogP contribution >= 0.6 is 11.6 Å². The first kappa shape index (κ1) is 23.4. The van der Waals surface area contributed by atoms with Crippen LogP contribution in [0.3, 0.4) is 0 Å². The van der Waals surface area contributed by atoms with Crippen molar-refractivity contribution in [3.63, 3.8) is 0 Å². The Morgan fingerprint density at radius 2 is 1.75 bits per heavy atom. The molecule has 3 rings (SSSR count). The zero-order valence-electron chi connectivity index (χ0n) is 17.8. The van der Waals surface area contributed by atoms with Gasteiger partial charge in [-0.05, 0) is 74.0 Å². The zero-order chi connectivity index (χ0) is 23.3. The molecule has 0 bridgehead atoms. The first-order valence-corrected chi connectivity index (χ1v) is 11.5. The number of nitrogens with one attached hydrogen (secondary N) is 2. The minimum atomic E-state index is -3.85. The maximum atomic E-state index is 12.8. The Hall–Kier alpha value is -3.23. The van der Waals surface area contributed by atoms with Crippen LogP contribution in [0.15, 0.2) is 71.6 Å². The van der Waals surface area contributed by atoms with Crippen LogP contribution in [0, 0.1) is 6.92 Å². The molecule has 3 aromatic rings. The van der Waals surface area contributed by atoms with E-state index in [1.807, 2.05) is 13.0 Å². The van der Waals surface area contributed by atoms with E-state index in [1.54, 1.807) is 43.3 Å². The van der Waals surface area contributed by atoms with Crippen molar-refractivity contribution in [2.45, 2.75) is 24.8 Å². The number of carbonyl (C=O) groups is 1. The highest BCUT2D eigenvalue weighted by atomic mass is 35.5. The lowest BCUT2D eigenvalue weighted by molar-refractivity contribution is -0.122. The van der Waals surface area contributed by atoms with Gasteiger partial charge in [0.15, 0.2) is 6.10 Å². The van der Waals surface area contributed by atoms with E-state index in [0.29, 0.717) is 27.9 Å². The van der Waals surface area contributed by atoms with E-state index in [0.717, 1.165) is 5.56 Å². The van der Waals surface area contributed by atoms with Crippen molar-refractivity contribution in [2.24, 2.45) is 0 Å². The summed E-state index contributed by atoms with van der Waals surface area (Å²) in [6.07, 6.45) is -0.785. The maximum Gasteiger partial charge on any atom is 0.265 e. The molecule has 0 aliphatic rings. The number of methoxy groups -OCH3 is 1. The van der Waals surface area contributed by atoms with Crippen LogP contribution in [-0.2, 0) is 14.8 Å². The third-order valence-corrected chi connectivity index (χ3v) is 6.13. The predicted octanol–water partition coefficient (Wildman–Crippen LogP) is 4.86. The van der Waals surface area contributed by atoms with Gasteiger partial charge < -0.3 is 14.8 Å². The van der Waals surface area contributed by atoms with Crippen molar-refractivity contribution >= 4 is 38.9 Å². The van der Waals surface area contributed by atoms with Crippen molar-refractivity contribution < 1.29 is 22.7 Å². The molecule has 7 nitrogen and oxygen atoms in total. The first-order valence-electron chi connectivity index (χ1n) is 9.68. The number of anilines is 2. The van der Waals surface area contributed by atoms with E-state index >= 15 is 0 Å². The number of hydrogen-bond donors (Lipinski definition) is 2. The second-order valence-corrected chi connectivity index (χ2v) is 9.16. The van der Waals surface area contributed by atoms with Gasteiger partial charge in [0.25, 0.3) is 15.9 Å². The fraction of sp³-hybridized carbons (Fsp3) is 0.174. The Morgan fingerprint density at radius 1 is 1.03 bits per heavy atom. The van der Waals surface area contributed by atoms with Gasteiger partial charge in [0.1, 0.15) is 11.5 Å². The molecule has 0 spiro atoms. The van der Waals surface area contributed by atoms with Crippen LogP contribution in [0.1, 0.15) is 12.5 Å². The summed E-state index contributed by atoms with van der Waals surface area (Å²) >= 11 is 5.92. The fourth-order valence-corrected chi connectivity index (χ4v) is 4.11. The van der Waals surface area contributed by atoms with Crippen molar-refractivity contribution in [2.75, 3.05) is 17.1 Å². The summed E-state index contributed by atoms with van der Waals surface area (Å²) in [5.41, 5.74) is 1.66. The van der Waals surface area contributed by atoms with Crippen molar-refractivity contribution in [1.29, 1.82) is 0 Å². The highest BCUT2D eigenvalue weighted by Gasteiger charge is 2.18. The van der Waals surface area contributed by atoms with E-state index in [9.17, 15) is 13.2 Å². The molecule has 0 aromatic heterocycles. The second kappa shape index (κ2) is 9.93. The summed E-state index contributed by atoms with van der Waals surface area (Å²) in [6.45, 7) is 3.46. The Labute approximate surface area is 192 Å². The topological polar surface area (TPSA) is 93.7 Å². The Bertz CT molecular complexity index is 1210. The van der Waals surface area contributed by atoms with Gasteiger partial charge in [0.05, 0.1) is 17.7 Å². The van der Waals surface area contributed by atoms with Gasteiger partial charge in [0, 0.05) is 10.7 Å². The summed E-state index contributed by atoms with van der Waals surface area (Å²) in [6, 6.07) is 17.8. The number of carbonyl (C=O) groups excluding carboxylic acids is 1. The highest BCUT2D eigenvalue weighted by Crippen LogP contribution is 2.28. The number of halogens is 1. The molecule has 0 saturated heterocycles. The van der Waals surface area contributed by atoms with Crippen LogP contribution in [-0.4, -0.2) is 27.5 Å². The number of benzene rings is 3. The minimum absolute atomic E-state index is 0.0438. The maximum absolute atomic E-state index is 12.8. The lowest BCUT2D eigenvalue weighted by Crippen LogP contribution is -2.30. The molecule has 168 valence electrons.